The lowest BCUT2D eigenvalue weighted by molar-refractivity contribution is -0.193. The number of rotatable bonds is 5. The second kappa shape index (κ2) is 8.26. The first-order valence-electron chi connectivity index (χ1n) is 13.6. The van der Waals surface area contributed by atoms with E-state index in [2.05, 4.69) is 54.3 Å². The Morgan fingerprint density at radius 1 is 1.00 bits per heavy atom. The Labute approximate surface area is 193 Å². The van der Waals surface area contributed by atoms with Crippen molar-refractivity contribution in [1.82, 2.24) is 0 Å². The van der Waals surface area contributed by atoms with Gasteiger partial charge in [-0.1, -0.05) is 47.5 Å². The van der Waals surface area contributed by atoms with Gasteiger partial charge in [-0.25, -0.2) is 0 Å². The molecule has 0 unspecified atom stereocenters. The van der Waals surface area contributed by atoms with Crippen molar-refractivity contribution in [3.63, 3.8) is 0 Å². The molecule has 0 radical (unpaired) electrons. The van der Waals surface area contributed by atoms with Crippen molar-refractivity contribution in [2.75, 3.05) is 0 Å². The van der Waals surface area contributed by atoms with E-state index < -0.39 is 8.32 Å². The quantitative estimate of drug-likeness (QED) is 0.321. The van der Waals surface area contributed by atoms with Crippen LogP contribution in [-0.4, -0.2) is 20.7 Å². The van der Waals surface area contributed by atoms with Crippen molar-refractivity contribution >= 4 is 14.6 Å². The van der Waals surface area contributed by atoms with Crippen molar-refractivity contribution < 1.29 is 9.22 Å². The molecule has 0 bridgehead atoms. The monoisotopic (exact) mass is 446 g/mol. The van der Waals surface area contributed by atoms with E-state index in [0.29, 0.717) is 34.7 Å². The summed E-state index contributed by atoms with van der Waals surface area (Å²) in [5.74, 6) is 5.45. The zero-order chi connectivity index (χ0) is 22.8. The molecule has 3 heteroatoms. The minimum Gasteiger partial charge on any atom is -0.414 e. The molecular weight excluding hydrogens is 396 g/mol. The number of aldehydes is 1. The molecule has 178 valence electrons. The van der Waals surface area contributed by atoms with Crippen molar-refractivity contribution in [1.29, 1.82) is 0 Å². The van der Waals surface area contributed by atoms with E-state index in [9.17, 15) is 4.79 Å². The summed E-state index contributed by atoms with van der Waals surface area (Å²) in [6.07, 6.45) is 12.5. The van der Waals surface area contributed by atoms with Gasteiger partial charge in [-0.15, -0.1) is 0 Å². The second-order valence-electron chi connectivity index (χ2n) is 13.8. The summed E-state index contributed by atoms with van der Waals surface area (Å²) >= 11 is 0. The van der Waals surface area contributed by atoms with Crippen LogP contribution >= 0.6 is 0 Å². The summed E-state index contributed by atoms with van der Waals surface area (Å²) in [5.41, 5.74) is 0.818. The first-order chi connectivity index (χ1) is 14.5. The molecule has 4 aliphatic rings. The third-order valence-electron chi connectivity index (χ3n) is 11.1. The van der Waals surface area contributed by atoms with E-state index in [1.54, 1.807) is 0 Å². The Morgan fingerprint density at radius 2 is 1.65 bits per heavy atom. The molecule has 4 saturated carbocycles. The molecule has 0 aliphatic heterocycles. The fourth-order valence-electron chi connectivity index (χ4n) is 9.71. The maximum Gasteiger partial charge on any atom is 0.184 e. The summed E-state index contributed by atoms with van der Waals surface area (Å²) < 4.78 is 7.23. The molecule has 2 nitrogen and oxygen atoms in total. The highest BCUT2D eigenvalue weighted by Gasteiger charge is 2.65. The summed E-state index contributed by atoms with van der Waals surface area (Å²) in [6, 6.07) is 0. The summed E-state index contributed by atoms with van der Waals surface area (Å²) in [6.45, 7) is 19.6. The number of hydrogen-bond acceptors (Lipinski definition) is 2. The predicted molar refractivity (Wildman–Crippen MR) is 132 cm³/mol. The van der Waals surface area contributed by atoms with E-state index in [0.717, 1.165) is 23.7 Å². The molecule has 31 heavy (non-hydrogen) atoms. The number of carbonyl (C=O) groups excluding carboxylic acids is 1. The third kappa shape index (κ3) is 3.82. The molecule has 0 amide bonds. The van der Waals surface area contributed by atoms with E-state index in [1.165, 1.54) is 57.7 Å². The predicted octanol–water partition coefficient (Wildman–Crippen LogP) is 7.58. The minimum absolute atomic E-state index is 0.201. The fourth-order valence-corrected chi connectivity index (χ4v) is 10.9. The van der Waals surface area contributed by atoms with Crippen LogP contribution in [0.15, 0.2) is 0 Å². The molecule has 0 spiro atoms. The van der Waals surface area contributed by atoms with Gasteiger partial charge >= 0.3 is 0 Å². The van der Waals surface area contributed by atoms with Gasteiger partial charge in [0.05, 0.1) is 6.10 Å². The normalized spacial score (nSPS) is 50.8. The van der Waals surface area contributed by atoms with Crippen LogP contribution in [-0.2, 0) is 9.22 Å². The molecule has 0 saturated heterocycles. The maximum absolute atomic E-state index is 11.8. The van der Waals surface area contributed by atoms with E-state index >= 15 is 0 Å². The largest absolute Gasteiger partial charge is 0.414 e. The Hall–Kier alpha value is -0.153. The highest BCUT2D eigenvalue weighted by atomic mass is 28.4. The zero-order valence-corrected chi connectivity index (χ0v) is 22.7. The van der Waals surface area contributed by atoms with E-state index in [1.807, 2.05) is 0 Å². The standard InChI is InChI=1S/C28H50O2Si/c1-9-20-24-16-18(2)12-14-28(24,5)23-13-15-27(4)21(19(3)17-29)10-11-22(27)25(23)26(20)30-31(6,7)8/h17-26H,9-16H2,1-8H3/t18-,19-,20-,21-,22+,23+,24+,25+,26-,27-,28-/m1/s1. The molecule has 0 aromatic heterocycles. The van der Waals surface area contributed by atoms with E-state index in [-0.39, 0.29) is 5.92 Å². The number of fused-ring (bicyclic) bond motifs is 5. The molecule has 4 aliphatic carbocycles. The van der Waals surface area contributed by atoms with Crippen LogP contribution < -0.4 is 0 Å². The highest BCUT2D eigenvalue weighted by molar-refractivity contribution is 6.69. The molecule has 0 heterocycles. The van der Waals surface area contributed by atoms with Crippen LogP contribution in [0.2, 0.25) is 19.6 Å². The van der Waals surface area contributed by atoms with Crippen molar-refractivity contribution in [2.45, 2.75) is 112 Å². The van der Waals surface area contributed by atoms with Crippen molar-refractivity contribution in [3.05, 3.63) is 0 Å². The number of hydrogen-bond donors (Lipinski definition) is 0. The smallest absolute Gasteiger partial charge is 0.184 e. The molecule has 0 aromatic carbocycles. The molecule has 4 fully saturated rings. The van der Waals surface area contributed by atoms with Crippen LogP contribution in [0.5, 0.6) is 0 Å². The van der Waals surface area contributed by atoms with Crippen molar-refractivity contribution in [3.8, 4) is 0 Å². The molecular formula is C28H50O2Si. The molecule has 4 rings (SSSR count). The van der Waals surface area contributed by atoms with Gasteiger partial charge in [-0.2, -0.15) is 0 Å². The van der Waals surface area contributed by atoms with Crippen LogP contribution in [0.25, 0.3) is 0 Å². The Balaban J connectivity index is 1.77. The Bertz CT molecular complexity index is 670. The lowest BCUT2D eigenvalue weighted by atomic mass is 9.41. The summed E-state index contributed by atoms with van der Waals surface area (Å²) in [4.78, 5) is 11.8. The van der Waals surface area contributed by atoms with Crippen LogP contribution in [0.3, 0.4) is 0 Å². The average molecular weight is 447 g/mol. The van der Waals surface area contributed by atoms with Crippen LogP contribution in [0, 0.1) is 58.2 Å². The molecule has 0 N–H and O–H groups in total. The average Bonchev–Trinajstić information content (AvgIpc) is 3.05. The van der Waals surface area contributed by atoms with Gasteiger partial charge in [0, 0.05) is 5.92 Å². The van der Waals surface area contributed by atoms with E-state index in [4.69, 9.17) is 4.43 Å². The van der Waals surface area contributed by atoms with Gasteiger partial charge in [0.25, 0.3) is 0 Å². The fraction of sp³-hybridized carbons (Fsp3) is 0.964. The SMILES string of the molecule is CC[C@H]1[C@@H](O[Si](C)(C)C)[C@@H]2[C@H](CC[C@]3(C)[C@@H]([C@H](C)C=O)CC[C@@H]23)[C@@]2(C)CC[C@@H](C)C[C@@H]12. The highest BCUT2D eigenvalue weighted by Crippen LogP contribution is 2.70. The minimum atomic E-state index is -1.65. The zero-order valence-electron chi connectivity index (χ0n) is 21.7. The first kappa shape index (κ1) is 24.0. The van der Waals surface area contributed by atoms with Crippen LogP contribution in [0.1, 0.15) is 86.0 Å². The van der Waals surface area contributed by atoms with Crippen molar-refractivity contribution in [2.24, 2.45) is 58.2 Å². The second-order valence-corrected chi connectivity index (χ2v) is 18.2. The maximum atomic E-state index is 11.8. The van der Waals surface area contributed by atoms with Gasteiger partial charge in [0.1, 0.15) is 6.29 Å². The van der Waals surface area contributed by atoms with Gasteiger partial charge < -0.3 is 9.22 Å². The topological polar surface area (TPSA) is 26.3 Å². The van der Waals surface area contributed by atoms with Gasteiger partial charge in [-0.05, 0) is 110 Å². The number of carbonyl (C=O) groups is 1. The Morgan fingerprint density at radius 3 is 2.26 bits per heavy atom. The Kier molecular flexibility index (Phi) is 6.39. The van der Waals surface area contributed by atoms with Gasteiger partial charge in [0.2, 0.25) is 0 Å². The third-order valence-corrected chi connectivity index (χ3v) is 12.0. The lowest BCUT2D eigenvalue weighted by Gasteiger charge is -2.66. The molecule has 0 aromatic rings. The van der Waals surface area contributed by atoms with Crippen LogP contribution in [0.4, 0.5) is 0 Å². The van der Waals surface area contributed by atoms with Gasteiger partial charge in [-0.3, -0.25) is 0 Å². The first-order valence-corrected chi connectivity index (χ1v) is 17.0. The van der Waals surface area contributed by atoms with Gasteiger partial charge in [0.15, 0.2) is 8.32 Å². The lowest BCUT2D eigenvalue weighted by Crippen LogP contribution is -2.63. The summed E-state index contributed by atoms with van der Waals surface area (Å²) in [5, 5.41) is 0. The molecule has 11 atom stereocenters. The summed E-state index contributed by atoms with van der Waals surface area (Å²) in [7, 11) is -1.65.